The second-order valence-corrected chi connectivity index (χ2v) is 4.69. The molecule has 0 radical (unpaired) electrons. The van der Waals surface area contributed by atoms with E-state index in [2.05, 4.69) is 15.2 Å². The minimum absolute atomic E-state index is 0.117. The van der Waals surface area contributed by atoms with Gasteiger partial charge in [-0.1, -0.05) is 0 Å². The third-order valence-corrected chi connectivity index (χ3v) is 2.89. The highest BCUT2D eigenvalue weighted by Gasteiger charge is 2.17. The van der Waals surface area contributed by atoms with E-state index in [1.807, 2.05) is 14.1 Å². The SMILES string of the molecule is Cc1[nH]c(C=O)c(C)c1C(=O)NCCCN(C)C. The van der Waals surface area contributed by atoms with Gasteiger partial charge in [0.15, 0.2) is 6.29 Å². The van der Waals surface area contributed by atoms with Crippen molar-refractivity contribution in [3.63, 3.8) is 0 Å². The number of aldehydes is 1. The van der Waals surface area contributed by atoms with Crippen molar-refractivity contribution < 1.29 is 9.59 Å². The Balaban J connectivity index is 2.62. The van der Waals surface area contributed by atoms with Crippen LogP contribution in [0.3, 0.4) is 0 Å². The lowest BCUT2D eigenvalue weighted by Crippen LogP contribution is -2.27. The van der Waals surface area contributed by atoms with E-state index in [4.69, 9.17) is 0 Å². The van der Waals surface area contributed by atoms with Crippen LogP contribution in [0.5, 0.6) is 0 Å². The summed E-state index contributed by atoms with van der Waals surface area (Å²) in [6.45, 7) is 5.15. The number of amides is 1. The molecule has 0 aromatic carbocycles. The van der Waals surface area contributed by atoms with E-state index in [9.17, 15) is 9.59 Å². The van der Waals surface area contributed by atoms with Crippen LogP contribution in [0.15, 0.2) is 0 Å². The molecule has 0 saturated heterocycles. The van der Waals surface area contributed by atoms with Crippen LogP contribution in [-0.4, -0.2) is 49.3 Å². The molecule has 0 fully saturated rings. The Kier molecular flexibility index (Phi) is 5.09. The predicted octanol–water partition coefficient (Wildman–Crippen LogP) is 1.13. The van der Waals surface area contributed by atoms with Gasteiger partial charge in [-0.25, -0.2) is 0 Å². The molecule has 1 rings (SSSR count). The van der Waals surface area contributed by atoms with Gasteiger partial charge < -0.3 is 15.2 Å². The first kappa shape index (κ1) is 14.4. The van der Waals surface area contributed by atoms with E-state index in [-0.39, 0.29) is 5.91 Å². The molecule has 0 aliphatic heterocycles. The summed E-state index contributed by atoms with van der Waals surface area (Å²) in [5, 5.41) is 2.87. The van der Waals surface area contributed by atoms with Gasteiger partial charge in [-0.05, 0) is 46.5 Å². The highest BCUT2D eigenvalue weighted by atomic mass is 16.1. The molecular formula is C13H21N3O2. The molecular weight excluding hydrogens is 230 g/mol. The fourth-order valence-corrected chi connectivity index (χ4v) is 1.92. The first-order valence-corrected chi connectivity index (χ1v) is 6.04. The Morgan fingerprint density at radius 1 is 1.39 bits per heavy atom. The molecule has 0 aliphatic carbocycles. The molecule has 1 aromatic rings. The number of rotatable bonds is 6. The first-order chi connectivity index (χ1) is 8.47. The topological polar surface area (TPSA) is 65.2 Å². The Morgan fingerprint density at radius 3 is 2.56 bits per heavy atom. The van der Waals surface area contributed by atoms with Crippen LogP contribution in [0.1, 0.15) is 38.5 Å². The molecule has 0 atom stereocenters. The molecule has 1 amide bonds. The summed E-state index contributed by atoms with van der Waals surface area (Å²) in [6.07, 6.45) is 1.65. The minimum Gasteiger partial charge on any atom is -0.356 e. The molecule has 2 N–H and O–H groups in total. The average Bonchev–Trinajstić information content (AvgIpc) is 2.59. The van der Waals surface area contributed by atoms with Gasteiger partial charge in [-0.3, -0.25) is 9.59 Å². The van der Waals surface area contributed by atoms with Crippen molar-refractivity contribution in [1.29, 1.82) is 0 Å². The maximum absolute atomic E-state index is 12.0. The number of hydrogen-bond donors (Lipinski definition) is 2. The van der Waals surface area contributed by atoms with Crippen molar-refractivity contribution in [2.24, 2.45) is 0 Å². The molecule has 18 heavy (non-hydrogen) atoms. The predicted molar refractivity (Wildman–Crippen MR) is 71.2 cm³/mol. The highest BCUT2D eigenvalue weighted by Crippen LogP contribution is 2.16. The molecule has 0 bridgehead atoms. The molecule has 5 heteroatoms. The molecule has 0 saturated carbocycles. The van der Waals surface area contributed by atoms with Crippen LogP contribution in [0.4, 0.5) is 0 Å². The summed E-state index contributed by atoms with van der Waals surface area (Å²) in [5.74, 6) is -0.117. The van der Waals surface area contributed by atoms with Crippen LogP contribution >= 0.6 is 0 Å². The zero-order valence-corrected chi connectivity index (χ0v) is 11.5. The normalized spacial score (nSPS) is 10.7. The number of hydrogen-bond acceptors (Lipinski definition) is 3. The molecule has 0 unspecified atom stereocenters. The Morgan fingerprint density at radius 2 is 2.06 bits per heavy atom. The van der Waals surface area contributed by atoms with E-state index in [0.717, 1.165) is 24.9 Å². The average molecular weight is 251 g/mol. The summed E-state index contributed by atoms with van der Waals surface area (Å²) < 4.78 is 0. The number of carbonyl (C=O) groups is 2. The third kappa shape index (κ3) is 3.43. The zero-order valence-electron chi connectivity index (χ0n) is 11.5. The smallest absolute Gasteiger partial charge is 0.253 e. The number of aromatic nitrogens is 1. The molecule has 0 aliphatic rings. The maximum atomic E-state index is 12.0. The largest absolute Gasteiger partial charge is 0.356 e. The van der Waals surface area contributed by atoms with Crippen molar-refractivity contribution >= 4 is 12.2 Å². The van der Waals surface area contributed by atoms with Crippen LogP contribution < -0.4 is 5.32 Å². The number of aromatic amines is 1. The monoisotopic (exact) mass is 251 g/mol. The van der Waals surface area contributed by atoms with Crippen LogP contribution in [0.2, 0.25) is 0 Å². The standard InChI is InChI=1S/C13H21N3O2/c1-9-11(8-17)15-10(2)12(9)13(18)14-6-5-7-16(3)4/h8,15H,5-7H2,1-4H3,(H,14,18). The van der Waals surface area contributed by atoms with Gasteiger partial charge in [-0.2, -0.15) is 0 Å². The van der Waals surface area contributed by atoms with Crippen molar-refractivity contribution in [2.75, 3.05) is 27.2 Å². The highest BCUT2D eigenvalue weighted by molar-refractivity contribution is 5.99. The Labute approximate surface area is 108 Å². The first-order valence-electron chi connectivity index (χ1n) is 6.04. The van der Waals surface area contributed by atoms with Gasteiger partial charge in [0.2, 0.25) is 0 Å². The summed E-state index contributed by atoms with van der Waals surface area (Å²) in [4.78, 5) is 27.8. The zero-order chi connectivity index (χ0) is 13.7. The van der Waals surface area contributed by atoms with Gasteiger partial charge in [0.1, 0.15) is 0 Å². The summed E-state index contributed by atoms with van der Waals surface area (Å²) >= 11 is 0. The Hall–Kier alpha value is -1.62. The number of carbonyl (C=O) groups excluding carboxylic acids is 2. The van der Waals surface area contributed by atoms with E-state index >= 15 is 0 Å². The lowest BCUT2D eigenvalue weighted by molar-refractivity contribution is 0.0951. The van der Waals surface area contributed by atoms with Crippen molar-refractivity contribution in [1.82, 2.24) is 15.2 Å². The number of H-pyrrole nitrogens is 1. The summed E-state index contributed by atoms with van der Waals surface area (Å²) in [7, 11) is 4.00. The number of aryl methyl sites for hydroxylation is 1. The lowest BCUT2D eigenvalue weighted by Gasteiger charge is -2.10. The van der Waals surface area contributed by atoms with Crippen molar-refractivity contribution in [2.45, 2.75) is 20.3 Å². The number of nitrogens with zero attached hydrogens (tertiary/aromatic N) is 1. The fourth-order valence-electron chi connectivity index (χ4n) is 1.92. The van der Waals surface area contributed by atoms with Gasteiger partial charge >= 0.3 is 0 Å². The summed E-state index contributed by atoms with van der Waals surface area (Å²) in [5.41, 5.74) is 2.51. The fraction of sp³-hybridized carbons (Fsp3) is 0.538. The second kappa shape index (κ2) is 6.35. The molecule has 5 nitrogen and oxygen atoms in total. The van der Waals surface area contributed by atoms with Gasteiger partial charge in [0.05, 0.1) is 11.3 Å². The van der Waals surface area contributed by atoms with E-state index in [1.165, 1.54) is 0 Å². The quantitative estimate of drug-likeness (QED) is 0.588. The second-order valence-electron chi connectivity index (χ2n) is 4.69. The molecule has 100 valence electrons. The third-order valence-electron chi connectivity index (χ3n) is 2.89. The van der Waals surface area contributed by atoms with E-state index in [0.29, 0.717) is 23.4 Å². The van der Waals surface area contributed by atoms with Crippen molar-refractivity contribution in [3.05, 3.63) is 22.5 Å². The molecule has 0 spiro atoms. The van der Waals surface area contributed by atoms with Crippen molar-refractivity contribution in [3.8, 4) is 0 Å². The van der Waals surface area contributed by atoms with Gasteiger partial charge in [-0.15, -0.1) is 0 Å². The maximum Gasteiger partial charge on any atom is 0.253 e. The molecule has 1 aromatic heterocycles. The number of nitrogens with one attached hydrogen (secondary N) is 2. The van der Waals surface area contributed by atoms with E-state index in [1.54, 1.807) is 13.8 Å². The summed E-state index contributed by atoms with van der Waals surface area (Å²) in [6, 6.07) is 0. The molecule has 1 heterocycles. The van der Waals surface area contributed by atoms with Crippen LogP contribution in [0, 0.1) is 13.8 Å². The van der Waals surface area contributed by atoms with Gasteiger partial charge in [0, 0.05) is 12.2 Å². The van der Waals surface area contributed by atoms with E-state index < -0.39 is 0 Å². The Bertz CT molecular complexity index is 436. The van der Waals surface area contributed by atoms with Gasteiger partial charge in [0.25, 0.3) is 5.91 Å². The van der Waals surface area contributed by atoms with Crippen LogP contribution in [0.25, 0.3) is 0 Å². The van der Waals surface area contributed by atoms with Crippen LogP contribution in [-0.2, 0) is 0 Å². The lowest BCUT2D eigenvalue weighted by atomic mass is 10.1. The minimum atomic E-state index is -0.117.